The largest absolute Gasteiger partial charge is 0.379 e. The molecule has 2 heterocycles. The maximum Gasteiger partial charge on any atom is 0.243 e. The highest BCUT2D eigenvalue weighted by atomic mass is 32.2. The highest BCUT2D eigenvalue weighted by molar-refractivity contribution is 7.89. The van der Waals surface area contributed by atoms with E-state index in [1.165, 1.54) is 19.3 Å². The Balaban J connectivity index is 1.75. The molecule has 0 unspecified atom stereocenters. The summed E-state index contributed by atoms with van der Waals surface area (Å²) in [6.07, 6.45) is 3.58. The molecule has 2 aliphatic rings. The fourth-order valence-electron chi connectivity index (χ4n) is 3.66. The molecule has 0 bridgehead atoms. The van der Waals surface area contributed by atoms with Crippen molar-refractivity contribution in [2.24, 2.45) is 5.41 Å². The number of hydrogen-bond donors (Lipinski definition) is 0. The van der Waals surface area contributed by atoms with Gasteiger partial charge in [-0.2, -0.15) is 4.31 Å². The second kappa shape index (κ2) is 7.74. The third-order valence-corrected chi connectivity index (χ3v) is 7.87. The highest BCUT2D eigenvalue weighted by Crippen LogP contribution is 2.34. The number of likely N-dealkylation sites (tertiary alicyclic amines) is 1. The van der Waals surface area contributed by atoms with Crippen LogP contribution in [0.25, 0.3) is 0 Å². The highest BCUT2D eigenvalue weighted by Gasteiger charge is 2.31. The first kappa shape index (κ1) is 18.8. The van der Waals surface area contributed by atoms with E-state index < -0.39 is 10.0 Å². The maximum atomic E-state index is 13.1. The number of rotatable bonds is 5. The summed E-state index contributed by atoms with van der Waals surface area (Å²) in [5.74, 6) is 0. The van der Waals surface area contributed by atoms with Crippen molar-refractivity contribution in [2.45, 2.75) is 44.6 Å². The van der Waals surface area contributed by atoms with Crippen molar-refractivity contribution in [1.82, 2.24) is 9.21 Å². The summed E-state index contributed by atoms with van der Waals surface area (Å²) < 4.78 is 33.0. The van der Waals surface area contributed by atoms with E-state index >= 15 is 0 Å². The van der Waals surface area contributed by atoms with Crippen LogP contribution in [0.1, 0.15) is 38.7 Å². The Hall–Kier alpha value is -0.950. The lowest BCUT2D eigenvalue weighted by atomic mass is 9.78. The van der Waals surface area contributed by atoms with Gasteiger partial charge in [-0.15, -0.1) is 0 Å². The van der Waals surface area contributed by atoms with Gasteiger partial charge in [-0.3, -0.25) is 4.90 Å². The van der Waals surface area contributed by atoms with Crippen molar-refractivity contribution in [2.75, 3.05) is 39.4 Å². The normalized spacial score (nSPS) is 22.8. The maximum absolute atomic E-state index is 13.1. The zero-order valence-electron chi connectivity index (χ0n) is 15.4. The monoisotopic (exact) mass is 366 g/mol. The van der Waals surface area contributed by atoms with Crippen molar-refractivity contribution < 1.29 is 13.2 Å². The van der Waals surface area contributed by atoms with E-state index in [0.717, 1.165) is 18.7 Å². The van der Waals surface area contributed by atoms with E-state index in [9.17, 15) is 8.42 Å². The average molecular weight is 367 g/mol. The Morgan fingerprint density at radius 1 is 1.08 bits per heavy atom. The van der Waals surface area contributed by atoms with Gasteiger partial charge in [0.1, 0.15) is 0 Å². The quantitative estimate of drug-likeness (QED) is 0.804. The van der Waals surface area contributed by atoms with Crippen molar-refractivity contribution in [1.29, 1.82) is 0 Å². The summed E-state index contributed by atoms with van der Waals surface area (Å²) in [6, 6.07) is 7.47. The first-order chi connectivity index (χ1) is 11.9. The van der Waals surface area contributed by atoms with E-state index in [4.69, 9.17) is 4.74 Å². The molecule has 0 saturated carbocycles. The summed E-state index contributed by atoms with van der Waals surface area (Å²) in [5, 5.41) is 0. The van der Waals surface area contributed by atoms with Gasteiger partial charge in [0.2, 0.25) is 10.0 Å². The lowest BCUT2D eigenvalue weighted by molar-refractivity contribution is 0.0729. The Morgan fingerprint density at radius 3 is 2.36 bits per heavy atom. The molecule has 0 radical (unpaired) electrons. The van der Waals surface area contributed by atoms with Gasteiger partial charge < -0.3 is 4.74 Å². The minimum Gasteiger partial charge on any atom is -0.379 e. The van der Waals surface area contributed by atoms with Crippen molar-refractivity contribution >= 4 is 10.0 Å². The third-order valence-electron chi connectivity index (χ3n) is 5.87. The van der Waals surface area contributed by atoms with Gasteiger partial charge >= 0.3 is 0 Å². The molecule has 140 valence electrons. The number of piperidine rings is 1. The van der Waals surface area contributed by atoms with Crippen molar-refractivity contribution in [3.05, 3.63) is 29.8 Å². The lowest BCUT2D eigenvalue weighted by Gasteiger charge is -2.39. The molecule has 0 spiro atoms. The van der Waals surface area contributed by atoms with E-state index in [1.807, 2.05) is 18.2 Å². The van der Waals surface area contributed by atoms with Crippen LogP contribution < -0.4 is 0 Å². The van der Waals surface area contributed by atoms with Crippen molar-refractivity contribution in [3.63, 3.8) is 0 Å². The van der Waals surface area contributed by atoms with Crippen LogP contribution in [-0.2, 0) is 21.3 Å². The Kier molecular flexibility index (Phi) is 5.83. The van der Waals surface area contributed by atoms with Crippen LogP contribution in [0.5, 0.6) is 0 Å². The molecular weight excluding hydrogens is 336 g/mol. The average Bonchev–Trinajstić information content (AvgIpc) is 2.65. The molecule has 3 rings (SSSR count). The zero-order valence-corrected chi connectivity index (χ0v) is 16.2. The number of morpholine rings is 1. The van der Waals surface area contributed by atoms with Gasteiger partial charge in [-0.1, -0.05) is 38.5 Å². The summed E-state index contributed by atoms with van der Waals surface area (Å²) in [6.45, 7) is 9.24. The summed E-state index contributed by atoms with van der Waals surface area (Å²) in [5.41, 5.74) is 1.35. The van der Waals surface area contributed by atoms with E-state index in [1.54, 1.807) is 10.4 Å². The van der Waals surface area contributed by atoms with E-state index in [-0.39, 0.29) is 0 Å². The molecule has 25 heavy (non-hydrogen) atoms. The first-order valence-electron chi connectivity index (χ1n) is 9.33. The minimum atomic E-state index is -3.44. The molecule has 6 heteroatoms. The molecule has 0 atom stereocenters. The first-order valence-corrected chi connectivity index (χ1v) is 10.8. The summed E-state index contributed by atoms with van der Waals surface area (Å²) in [4.78, 5) is 2.85. The SMILES string of the molecule is CCC1(C)CCN(Cc2ccccc2S(=O)(=O)N2CCOCC2)CC1. The molecule has 2 saturated heterocycles. The standard InChI is InChI=1S/C19H30N2O3S/c1-3-19(2)8-10-20(11-9-19)16-17-6-4-5-7-18(17)25(22,23)21-12-14-24-15-13-21/h4-7H,3,8-16H2,1-2H3. The predicted octanol–water partition coefficient (Wildman–Crippen LogP) is 2.72. The number of sulfonamides is 1. The Labute approximate surface area is 152 Å². The third kappa shape index (κ3) is 4.25. The summed E-state index contributed by atoms with van der Waals surface area (Å²) >= 11 is 0. The topological polar surface area (TPSA) is 49.9 Å². The van der Waals surface area contributed by atoms with Crippen LogP contribution in [0.3, 0.4) is 0 Å². The van der Waals surface area contributed by atoms with E-state index in [2.05, 4.69) is 18.7 Å². The molecule has 2 fully saturated rings. The van der Waals surface area contributed by atoms with Crippen LogP contribution in [-0.4, -0.2) is 57.0 Å². The van der Waals surface area contributed by atoms with Gasteiger partial charge in [-0.05, 0) is 43.0 Å². The lowest BCUT2D eigenvalue weighted by Crippen LogP contribution is -2.41. The number of ether oxygens (including phenoxy) is 1. The number of hydrogen-bond acceptors (Lipinski definition) is 4. The molecular formula is C19H30N2O3S. The van der Waals surface area contributed by atoms with Gasteiger partial charge in [0.15, 0.2) is 0 Å². The fraction of sp³-hybridized carbons (Fsp3) is 0.684. The number of nitrogens with zero attached hydrogens (tertiary/aromatic N) is 2. The number of benzene rings is 1. The predicted molar refractivity (Wildman–Crippen MR) is 98.9 cm³/mol. The van der Waals surface area contributed by atoms with Crippen LogP contribution in [0.15, 0.2) is 29.2 Å². The Bertz CT molecular complexity index is 676. The summed E-state index contributed by atoms with van der Waals surface area (Å²) in [7, 11) is -3.44. The molecule has 5 nitrogen and oxygen atoms in total. The van der Waals surface area contributed by atoms with Crippen LogP contribution >= 0.6 is 0 Å². The molecule has 0 aromatic heterocycles. The molecule has 0 N–H and O–H groups in total. The molecule has 0 amide bonds. The Morgan fingerprint density at radius 2 is 1.72 bits per heavy atom. The van der Waals surface area contributed by atoms with Gasteiger partial charge in [0.25, 0.3) is 0 Å². The van der Waals surface area contributed by atoms with Crippen LogP contribution in [0.2, 0.25) is 0 Å². The second-order valence-electron chi connectivity index (χ2n) is 7.56. The minimum absolute atomic E-state index is 0.440. The molecule has 1 aromatic rings. The molecule has 1 aromatic carbocycles. The zero-order chi connectivity index (χ0) is 17.9. The van der Waals surface area contributed by atoms with Crippen molar-refractivity contribution in [3.8, 4) is 0 Å². The molecule has 0 aliphatic carbocycles. The molecule has 2 aliphatic heterocycles. The van der Waals surface area contributed by atoms with Gasteiger partial charge in [0, 0.05) is 19.6 Å². The van der Waals surface area contributed by atoms with Crippen LogP contribution in [0, 0.1) is 5.41 Å². The van der Waals surface area contributed by atoms with E-state index in [0.29, 0.717) is 43.2 Å². The van der Waals surface area contributed by atoms with Crippen LogP contribution in [0.4, 0.5) is 0 Å². The smallest absolute Gasteiger partial charge is 0.243 e. The van der Waals surface area contributed by atoms with Gasteiger partial charge in [-0.25, -0.2) is 8.42 Å². The van der Waals surface area contributed by atoms with Gasteiger partial charge in [0.05, 0.1) is 18.1 Å². The fourth-order valence-corrected chi connectivity index (χ4v) is 5.28. The second-order valence-corrected chi connectivity index (χ2v) is 9.47.